The van der Waals surface area contributed by atoms with Gasteiger partial charge in [0.05, 0.1) is 18.2 Å². The number of hydrogen-bond acceptors (Lipinski definition) is 3. The molecule has 0 fully saturated rings. The van der Waals surface area contributed by atoms with E-state index in [1.54, 1.807) is 31.2 Å². The van der Waals surface area contributed by atoms with Crippen LogP contribution in [0.2, 0.25) is 0 Å². The quantitative estimate of drug-likeness (QED) is 0.915. The highest BCUT2D eigenvalue weighted by Gasteiger charge is 2.13. The van der Waals surface area contributed by atoms with E-state index in [4.69, 9.17) is 10.00 Å². The fourth-order valence-electron chi connectivity index (χ4n) is 1.74. The third-order valence-corrected chi connectivity index (χ3v) is 2.99. The predicted molar refractivity (Wildman–Crippen MR) is 80.5 cm³/mol. The van der Waals surface area contributed by atoms with Crippen LogP contribution in [0.1, 0.15) is 18.1 Å². The van der Waals surface area contributed by atoms with Crippen molar-refractivity contribution in [1.82, 2.24) is 0 Å². The zero-order chi connectivity index (χ0) is 15.1. The van der Waals surface area contributed by atoms with Crippen LogP contribution in [-0.4, -0.2) is 12.0 Å². The van der Waals surface area contributed by atoms with Crippen LogP contribution in [-0.2, 0) is 16.1 Å². The molecule has 2 aromatic rings. The van der Waals surface area contributed by atoms with Gasteiger partial charge in [-0.15, -0.1) is 0 Å². The Kier molecular flexibility index (Phi) is 5.08. The molecule has 1 atom stereocenters. The van der Waals surface area contributed by atoms with Crippen molar-refractivity contribution in [3.63, 3.8) is 0 Å². The van der Waals surface area contributed by atoms with E-state index < -0.39 is 6.10 Å². The van der Waals surface area contributed by atoms with Crippen molar-refractivity contribution in [1.29, 1.82) is 5.26 Å². The van der Waals surface area contributed by atoms with E-state index in [1.165, 1.54) is 0 Å². The number of benzene rings is 2. The summed E-state index contributed by atoms with van der Waals surface area (Å²) < 4.78 is 5.54. The molecule has 4 nitrogen and oxygen atoms in total. The van der Waals surface area contributed by atoms with Gasteiger partial charge in [-0.25, -0.2) is 0 Å². The number of ether oxygens (including phenoxy) is 1. The van der Waals surface area contributed by atoms with Crippen LogP contribution in [0.15, 0.2) is 54.6 Å². The van der Waals surface area contributed by atoms with Gasteiger partial charge in [-0.2, -0.15) is 5.26 Å². The number of nitrogens with zero attached hydrogens (tertiary/aromatic N) is 1. The second-order valence-electron chi connectivity index (χ2n) is 4.62. The molecule has 0 saturated heterocycles. The first-order chi connectivity index (χ1) is 10.2. The molecular formula is C17H16N2O2. The minimum atomic E-state index is -0.555. The van der Waals surface area contributed by atoms with Crippen LogP contribution in [0.5, 0.6) is 0 Å². The standard InChI is InChI=1S/C17H16N2O2/c1-13(21-12-15-5-3-2-4-6-15)17(20)19-16-9-7-14(11-18)8-10-16/h2-10,13H,12H2,1H3,(H,19,20). The van der Waals surface area contributed by atoms with Crippen molar-refractivity contribution in [3.05, 3.63) is 65.7 Å². The van der Waals surface area contributed by atoms with Gasteiger partial charge in [0.15, 0.2) is 0 Å². The van der Waals surface area contributed by atoms with E-state index >= 15 is 0 Å². The van der Waals surface area contributed by atoms with Gasteiger partial charge in [0.25, 0.3) is 5.91 Å². The maximum Gasteiger partial charge on any atom is 0.253 e. The second-order valence-corrected chi connectivity index (χ2v) is 4.62. The van der Waals surface area contributed by atoms with Crippen LogP contribution < -0.4 is 5.32 Å². The van der Waals surface area contributed by atoms with Gasteiger partial charge in [0, 0.05) is 5.69 Å². The minimum absolute atomic E-state index is 0.212. The van der Waals surface area contributed by atoms with Crippen LogP contribution in [0.4, 0.5) is 5.69 Å². The van der Waals surface area contributed by atoms with Gasteiger partial charge >= 0.3 is 0 Å². The molecule has 0 aromatic heterocycles. The number of amides is 1. The average molecular weight is 280 g/mol. The Bertz CT molecular complexity index is 630. The molecule has 0 aliphatic rings. The summed E-state index contributed by atoms with van der Waals surface area (Å²) in [5.74, 6) is -0.212. The fraction of sp³-hybridized carbons (Fsp3) is 0.176. The number of nitrogens with one attached hydrogen (secondary N) is 1. The average Bonchev–Trinajstić information content (AvgIpc) is 2.54. The summed E-state index contributed by atoms with van der Waals surface area (Å²) in [5, 5.41) is 11.5. The monoisotopic (exact) mass is 280 g/mol. The molecule has 0 aliphatic heterocycles. The number of carbonyl (C=O) groups excluding carboxylic acids is 1. The van der Waals surface area contributed by atoms with E-state index in [1.807, 2.05) is 36.4 Å². The maximum absolute atomic E-state index is 12.0. The van der Waals surface area contributed by atoms with Crippen LogP contribution in [0, 0.1) is 11.3 Å². The van der Waals surface area contributed by atoms with E-state index in [9.17, 15) is 4.79 Å². The van der Waals surface area contributed by atoms with E-state index in [-0.39, 0.29) is 5.91 Å². The Morgan fingerprint density at radius 3 is 2.48 bits per heavy atom. The summed E-state index contributed by atoms with van der Waals surface area (Å²) in [6.45, 7) is 2.10. The van der Waals surface area contributed by atoms with Gasteiger partial charge in [-0.3, -0.25) is 4.79 Å². The first kappa shape index (κ1) is 14.8. The third-order valence-electron chi connectivity index (χ3n) is 2.99. The van der Waals surface area contributed by atoms with Crippen LogP contribution >= 0.6 is 0 Å². The van der Waals surface area contributed by atoms with Crippen molar-refractivity contribution in [2.24, 2.45) is 0 Å². The largest absolute Gasteiger partial charge is 0.364 e. The zero-order valence-electron chi connectivity index (χ0n) is 11.7. The van der Waals surface area contributed by atoms with Gasteiger partial charge in [0.1, 0.15) is 6.10 Å². The van der Waals surface area contributed by atoms with E-state index in [2.05, 4.69) is 5.32 Å². The zero-order valence-corrected chi connectivity index (χ0v) is 11.7. The first-order valence-corrected chi connectivity index (χ1v) is 6.65. The summed E-state index contributed by atoms with van der Waals surface area (Å²) in [7, 11) is 0. The van der Waals surface area contributed by atoms with Crippen LogP contribution in [0.3, 0.4) is 0 Å². The van der Waals surface area contributed by atoms with Crippen molar-refractivity contribution in [2.45, 2.75) is 19.6 Å². The molecule has 1 unspecified atom stereocenters. The number of nitriles is 1. The lowest BCUT2D eigenvalue weighted by molar-refractivity contribution is -0.127. The Labute approximate surface area is 124 Å². The highest BCUT2D eigenvalue weighted by molar-refractivity contribution is 5.93. The molecule has 0 heterocycles. The maximum atomic E-state index is 12.0. The lowest BCUT2D eigenvalue weighted by Crippen LogP contribution is -2.27. The molecule has 0 aliphatic carbocycles. The molecule has 21 heavy (non-hydrogen) atoms. The lowest BCUT2D eigenvalue weighted by Gasteiger charge is -2.13. The topological polar surface area (TPSA) is 62.1 Å². The van der Waals surface area contributed by atoms with Crippen molar-refractivity contribution >= 4 is 11.6 Å². The third kappa shape index (κ3) is 4.44. The molecule has 1 N–H and O–H groups in total. The predicted octanol–water partition coefficient (Wildman–Crippen LogP) is 3.10. The molecule has 0 spiro atoms. The Balaban J connectivity index is 1.86. The number of anilines is 1. The Hall–Kier alpha value is -2.64. The molecule has 1 amide bonds. The summed E-state index contributed by atoms with van der Waals surface area (Å²) in [6.07, 6.45) is -0.555. The lowest BCUT2D eigenvalue weighted by atomic mass is 10.2. The fourth-order valence-corrected chi connectivity index (χ4v) is 1.74. The molecule has 2 aromatic carbocycles. The van der Waals surface area contributed by atoms with Crippen molar-refractivity contribution in [2.75, 3.05) is 5.32 Å². The van der Waals surface area contributed by atoms with Crippen molar-refractivity contribution < 1.29 is 9.53 Å². The molecule has 106 valence electrons. The summed E-state index contributed by atoms with van der Waals surface area (Å²) in [4.78, 5) is 12.0. The SMILES string of the molecule is CC(OCc1ccccc1)C(=O)Nc1ccc(C#N)cc1. The molecular weight excluding hydrogens is 264 g/mol. The smallest absolute Gasteiger partial charge is 0.253 e. The summed E-state index contributed by atoms with van der Waals surface area (Å²) in [6, 6.07) is 18.4. The van der Waals surface area contributed by atoms with E-state index in [0.717, 1.165) is 5.56 Å². The molecule has 4 heteroatoms. The summed E-state index contributed by atoms with van der Waals surface area (Å²) >= 11 is 0. The Morgan fingerprint density at radius 1 is 1.19 bits per heavy atom. The highest BCUT2D eigenvalue weighted by Crippen LogP contribution is 2.10. The molecule has 0 saturated carbocycles. The normalized spacial score (nSPS) is 11.4. The second kappa shape index (κ2) is 7.22. The highest BCUT2D eigenvalue weighted by atomic mass is 16.5. The number of carbonyl (C=O) groups is 1. The van der Waals surface area contributed by atoms with Gasteiger partial charge in [-0.05, 0) is 36.8 Å². The van der Waals surface area contributed by atoms with Crippen LogP contribution in [0.25, 0.3) is 0 Å². The number of hydrogen-bond donors (Lipinski definition) is 1. The summed E-state index contributed by atoms with van der Waals surface area (Å²) in [5.41, 5.74) is 2.23. The van der Waals surface area contributed by atoms with Gasteiger partial charge in [0.2, 0.25) is 0 Å². The van der Waals surface area contributed by atoms with E-state index in [0.29, 0.717) is 17.9 Å². The molecule has 0 radical (unpaired) electrons. The molecule has 0 bridgehead atoms. The van der Waals surface area contributed by atoms with Gasteiger partial charge < -0.3 is 10.1 Å². The molecule has 2 rings (SSSR count). The van der Waals surface area contributed by atoms with Gasteiger partial charge in [-0.1, -0.05) is 30.3 Å². The first-order valence-electron chi connectivity index (χ1n) is 6.65. The Morgan fingerprint density at radius 2 is 1.86 bits per heavy atom. The minimum Gasteiger partial charge on any atom is -0.364 e. The number of rotatable bonds is 5. The van der Waals surface area contributed by atoms with Crippen molar-refractivity contribution in [3.8, 4) is 6.07 Å².